The first-order valence-electron chi connectivity index (χ1n) is 4.97. The van der Waals surface area contributed by atoms with Gasteiger partial charge in [-0.2, -0.15) is 13.4 Å². The number of hydrazine groups is 1. The molecule has 15 heavy (non-hydrogen) atoms. The normalized spacial score (nSPS) is 37.9. The van der Waals surface area contributed by atoms with Gasteiger partial charge in [0.15, 0.2) is 6.17 Å². The predicted octanol–water partition coefficient (Wildman–Crippen LogP) is -2.12. The van der Waals surface area contributed by atoms with E-state index in [0.717, 1.165) is 25.8 Å². The van der Waals surface area contributed by atoms with Gasteiger partial charge < -0.3 is 17.5 Å². The summed E-state index contributed by atoms with van der Waals surface area (Å²) >= 11 is 5.14. The summed E-state index contributed by atoms with van der Waals surface area (Å²) in [6.07, 6.45) is 3.19. The minimum absolute atomic E-state index is 0.0863. The first-order valence-corrected chi connectivity index (χ1v) is 7.05. The summed E-state index contributed by atoms with van der Waals surface area (Å²) in [5, 5.41) is 2.00. The number of nitrogens with zero attached hydrogens (tertiary/aromatic N) is 1. The monoisotopic (exact) mass is 253 g/mol. The second-order valence-electron chi connectivity index (χ2n) is 4.02. The molecule has 6 nitrogen and oxygen atoms in total. The molecule has 0 radical (unpaired) electrons. The zero-order valence-electron chi connectivity index (χ0n) is 8.22. The summed E-state index contributed by atoms with van der Waals surface area (Å²) in [5.74, 6) is -0.310. The second kappa shape index (κ2) is 4.19. The van der Waals surface area contributed by atoms with Gasteiger partial charge in [-0.3, -0.25) is 4.55 Å². The van der Waals surface area contributed by atoms with Crippen LogP contribution in [0.5, 0.6) is 0 Å². The molecule has 2 aliphatic heterocycles. The lowest BCUT2D eigenvalue weighted by molar-refractivity contribution is -0.918. The molecule has 3 unspecified atom stereocenters. The van der Waals surface area contributed by atoms with Crippen molar-refractivity contribution in [1.29, 1.82) is 0 Å². The summed E-state index contributed by atoms with van der Waals surface area (Å²) in [6, 6.07) is 0. The molecule has 0 aromatic rings. The number of hydrogen-bond acceptors (Lipinski definition) is 5. The Balaban J connectivity index is 2.09. The third-order valence-corrected chi connectivity index (χ3v) is 4.01. The van der Waals surface area contributed by atoms with E-state index in [2.05, 4.69) is 5.43 Å². The fraction of sp³-hybridized carbons (Fsp3) is 1.00. The highest BCUT2D eigenvalue weighted by Gasteiger charge is 2.40. The number of quaternary nitrogens is 1. The zero-order valence-corrected chi connectivity index (χ0v) is 9.85. The van der Waals surface area contributed by atoms with Crippen LogP contribution in [0.2, 0.25) is 0 Å². The molecule has 3 atom stereocenters. The van der Waals surface area contributed by atoms with Crippen LogP contribution < -0.4 is 10.3 Å². The maximum atomic E-state index is 10.8. The van der Waals surface area contributed by atoms with Gasteiger partial charge in [-0.25, -0.2) is 5.43 Å². The number of hydrogen-bond donors (Lipinski definition) is 3. The molecule has 0 bridgehead atoms. The maximum absolute atomic E-state index is 10.8. The van der Waals surface area contributed by atoms with E-state index in [1.165, 1.54) is 0 Å². The molecule has 0 aromatic heterocycles. The van der Waals surface area contributed by atoms with Gasteiger partial charge in [0.2, 0.25) is 5.88 Å². The van der Waals surface area contributed by atoms with Crippen LogP contribution in [0.1, 0.15) is 19.3 Å². The Kier molecular flexibility index (Phi) is 3.25. The Morgan fingerprint density at radius 2 is 2.27 bits per heavy atom. The molecule has 88 valence electrons. The quantitative estimate of drug-likeness (QED) is 0.386. The summed E-state index contributed by atoms with van der Waals surface area (Å²) in [6.45, 7) is 0.896. The largest absolute Gasteiger partial charge is 0.709 e. The van der Waals surface area contributed by atoms with E-state index in [-0.39, 0.29) is 17.5 Å². The average Bonchev–Trinajstić information content (AvgIpc) is 2.41. The van der Waals surface area contributed by atoms with Crippen LogP contribution in [0.3, 0.4) is 0 Å². The second-order valence-corrected chi connectivity index (χ2v) is 5.94. The molecule has 0 aliphatic carbocycles. The SMILES string of the molecule is O=S(=O)(O)C[NH+]1C([S-])NN2CCCCC21. The van der Waals surface area contributed by atoms with E-state index in [4.69, 9.17) is 17.2 Å². The van der Waals surface area contributed by atoms with E-state index in [9.17, 15) is 8.42 Å². The van der Waals surface area contributed by atoms with Crippen molar-refractivity contribution in [2.24, 2.45) is 0 Å². The van der Waals surface area contributed by atoms with Gasteiger partial charge >= 0.3 is 10.1 Å². The van der Waals surface area contributed by atoms with Crippen molar-refractivity contribution in [1.82, 2.24) is 10.4 Å². The van der Waals surface area contributed by atoms with Gasteiger partial charge in [0.1, 0.15) is 0 Å². The Labute approximate surface area is 94.7 Å². The highest BCUT2D eigenvalue weighted by molar-refractivity contribution is 7.85. The molecule has 2 saturated heterocycles. The topological polar surface area (TPSA) is 74.1 Å². The molecule has 2 aliphatic rings. The van der Waals surface area contributed by atoms with E-state index in [1.807, 2.05) is 5.01 Å². The molecule has 2 rings (SSSR count). The first kappa shape index (κ1) is 11.6. The minimum atomic E-state index is -3.96. The third kappa shape index (κ3) is 2.63. The number of rotatable bonds is 2. The lowest BCUT2D eigenvalue weighted by atomic mass is 10.1. The summed E-state index contributed by atoms with van der Waals surface area (Å²) in [5.41, 5.74) is 2.70. The van der Waals surface area contributed by atoms with Gasteiger partial charge in [0.25, 0.3) is 0 Å². The standard InChI is InChI=1S/C7H15N3O3S2/c11-15(12,13)5-9-6-3-1-2-4-10(6)8-7(9)14/h6-8,14H,1-5H2,(H,11,12,13). The van der Waals surface area contributed by atoms with Gasteiger partial charge in [-0.15, -0.1) is 0 Å². The van der Waals surface area contributed by atoms with Crippen molar-refractivity contribution in [2.45, 2.75) is 30.9 Å². The van der Waals surface area contributed by atoms with E-state index in [1.54, 1.807) is 0 Å². The lowest BCUT2D eigenvalue weighted by Crippen LogP contribution is -3.18. The molecular weight excluding hydrogens is 238 g/mol. The third-order valence-electron chi connectivity index (χ3n) is 2.90. The van der Waals surface area contributed by atoms with Crippen molar-refractivity contribution in [3.05, 3.63) is 0 Å². The average molecular weight is 253 g/mol. The van der Waals surface area contributed by atoms with Gasteiger partial charge in [0.05, 0.1) is 0 Å². The van der Waals surface area contributed by atoms with Crippen molar-refractivity contribution in [2.75, 3.05) is 12.4 Å². The van der Waals surface area contributed by atoms with Crippen LogP contribution in [0, 0.1) is 0 Å². The van der Waals surface area contributed by atoms with Crippen LogP contribution >= 0.6 is 0 Å². The Morgan fingerprint density at radius 1 is 1.53 bits per heavy atom. The van der Waals surface area contributed by atoms with E-state index >= 15 is 0 Å². The molecule has 2 heterocycles. The lowest BCUT2D eigenvalue weighted by Gasteiger charge is -2.30. The summed E-state index contributed by atoms with van der Waals surface area (Å²) in [7, 11) is -3.96. The molecule has 3 N–H and O–H groups in total. The fourth-order valence-corrected chi connectivity index (χ4v) is 3.52. The number of nitrogens with one attached hydrogen (secondary N) is 2. The molecule has 0 amide bonds. The minimum Gasteiger partial charge on any atom is -0.709 e. The molecular formula is C7H15N3O3S2. The van der Waals surface area contributed by atoms with Gasteiger partial charge in [-0.05, 0) is 12.8 Å². The summed E-state index contributed by atoms with van der Waals surface area (Å²) in [4.78, 5) is 0.715. The Hall–Kier alpha value is 0.140. The number of piperidine rings is 1. The van der Waals surface area contributed by atoms with Gasteiger partial charge in [0, 0.05) is 18.5 Å². The van der Waals surface area contributed by atoms with Crippen molar-refractivity contribution >= 4 is 22.7 Å². The fourth-order valence-electron chi connectivity index (χ4n) is 2.26. The molecule has 8 heteroatoms. The van der Waals surface area contributed by atoms with Crippen LogP contribution in [-0.4, -0.2) is 42.1 Å². The summed E-state index contributed by atoms with van der Waals surface area (Å²) < 4.78 is 30.5. The van der Waals surface area contributed by atoms with Crippen LogP contribution in [0.15, 0.2) is 0 Å². The highest BCUT2D eigenvalue weighted by Crippen LogP contribution is 2.13. The zero-order chi connectivity index (χ0) is 11.1. The Morgan fingerprint density at radius 3 is 2.93 bits per heavy atom. The van der Waals surface area contributed by atoms with Crippen molar-refractivity contribution < 1.29 is 17.9 Å². The van der Waals surface area contributed by atoms with Gasteiger partial charge in [-0.1, -0.05) is 0 Å². The smallest absolute Gasteiger partial charge is 0.316 e. The van der Waals surface area contributed by atoms with E-state index in [0.29, 0.717) is 4.90 Å². The van der Waals surface area contributed by atoms with Crippen molar-refractivity contribution in [3.8, 4) is 0 Å². The Bertz CT molecular complexity index is 334. The molecule has 0 saturated carbocycles. The van der Waals surface area contributed by atoms with E-state index < -0.39 is 10.1 Å². The molecule has 2 fully saturated rings. The van der Waals surface area contributed by atoms with Crippen molar-refractivity contribution in [3.63, 3.8) is 0 Å². The molecule has 0 spiro atoms. The maximum Gasteiger partial charge on any atom is 0.316 e. The first-order chi connectivity index (χ1) is 6.97. The molecule has 0 aromatic carbocycles. The predicted molar refractivity (Wildman–Crippen MR) is 56.0 cm³/mol. The number of fused-ring (bicyclic) bond motifs is 1. The highest BCUT2D eigenvalue weighted by atomic mass is 32.2. The van der Waals surface area contributed by atoms with Crippen LogP contribution in [-0.2, 0) is 22.7 Å². The van der Waals surface area contributed by atoms with Crippen LogP contribution in [0.25, 0.3) is 0 Å². The van der Waals surface area contributed by atoms with Crippen LogP contribution in [0.4, 0.5) is 0 Å².